The zero-order valence-electron chi connectivity index (χ0n) is 13.2. The number of hydrogen-bond donors (Lipinski definition) is 2. The number of carbonyl (C=O) groups excluding carboxylic acids is 1. The first-order valence-electron chi connectivity index (χ1n) is 7.91. The molecule has 1 aromatic rings. The molecule has 0 radical (unpaired) electrons. The van der Waals surface area contributed by atoms with E-state index >= 15 is 0 Å². The Hall–Kier alpha value is -1.39. The van der Waals surface area contributed by atoms with Crippen LogP contribution in [0, 0.1) is 5.92 Å². The average Bonchev–Trinajstić information content (AvgIpc) is 2.48. The first-order valence-corrected chi connectivity index (χ1v) is 7.91. The molecule has 1 aromatic carbocycles. The normalized spacial score (nSPS) is 16.9. The maximum Gasteiger partial charge on any atom is 0.221 e. The number of anilines is 1. The Labute approximate surface area is 127 Å². The minimum Gasteiger partial charge on any atom is -0.326 e. The van der Waals surface area contributed by atoms with Gasteiger partial charge in [0.2, 0.25) is 5.91 Å². The summed E-state index contributed by atoms with van der Waals surface area (Å²) in [5.74, 6) is 0.863. The summed E-state index contributed by atoms with van der Waals surface area (Å²) in [6.07, 6.45) is 3.92. The smallest absolute Gasteiger partial charge is 0.221 e. The Bertz CT molecular complexity index is 436. The molecule has 0 unspecified atom stereocenters. The molecule has 1 aliphatic heterocycles. The van der Waals surface area contributed by atoms with Gasteiger partial charge in [-0.15, -0.1) is 0 Å². The number of nitrogens with zero attached hydrogens (tertiary/aromatic N) is 1. The van der Waals surface area contributed by atoms with E-state index in [1.165, 1.54) is 44.8 Å². The Balaban J connectivity index is 1.76. The molecule has 2 rings (SSSR count). The van der Waals surface area contributed by atoms with E-state index in [9.17, 15) is 4.79 Å². The summed E-state index contributed by atoms with van der Waals surface area (Å²) in [7, 11) is 2.03. The van der Waals surface area contributed by atoms with Gasteiger partial charge in [0, 0.05) is 19.2 Å². The lowest BCUT2D eigenvalue weighted by Crippen LogP contribution is -2.34. The van der Waals surface area contributed by atoms with Crippen molar-refractivity contribution >= 4 is 11.6 Å². The van der Waals surface area contributed by atoms with Crippen LogP contribution >= 0.6 is 0 Å². The van der Waals surface area contributed by atoms with Crippen LogP contribution in [0.2, 0.25) is 0 Å². The molecular formula is C17H27N3O. The second-order valence-corrected chi connectivity index (χ2v) is 5.99. The standard InChI is InChI=1S/C17H27N3O/c1-14(21)19-17-5-3-16(4-6-17)13-20-11-8-15(9-12-20)7-10-18-2/h3-6,15,18H,7-13H2,1-2H3,(H,19,21). The zero-order valence-corrected chi connectivity index (χ0v) is 13.2. The summed E-state index contributed by atoms with van der Waals surface area (Å²) >= 11 is 0. The van der Waals surface area contributed by atoms with Gasteiger partial charge in [-0.2, -0.15) is 0 Å². The van der Waals surface area contributed by atoms with Crippen LogP contribution < -0.4 is 10.6 Å². The molecule has 1 heterocycles. The van der Waals surface area contributed by atoms with E-state index < -0.39 is 0 Å². The SMILES string of the molecule is CNCCC1CCN(Cc2ccc(NC(C)=O)cc2)CC1. The predicted octanol–water partition coefficient (Wildman–Crippen LogP) is 2.47. The Morgan fingerprint density at radius 1 is 1.24 bits per heavy atom. The molecule has 1 saturated heterocycles. The summed E-state index contributed by atoms with van der Waals surface area (Å²) in [5.41, 5.74) is 2.19. The van der Waals surface area contributed by atoms with Gasteiger partial charge in [0.25, 0.3) is 0 Å². The van der Waals surface area contributed by atoms with Crippen LogP contribution in [0.15, 0.2) is 24.3 Å². The number of hydrogen-bond acceptors (Lipinski definition) is 3. The highest BCUT2D eigenvalue weighted by atomic mass is 16.1. The highest BCUT2D eigenvalue weighted by Crippen LogP contribution is 2.21. The number of likely N-dealkylation sites (tertiary alicyclic amines) is 1. The van der Waals surface area contributed by atoms with Crippen LogP contribution in [-0.2, 0) is 11.3 Å². The van der Waals surface area contributed by atoms with Crippen molar-refractivity contribution in [1.29, 1.82) is 0 Å². The largest absolute Gasteiger partial charge is 0.326 e. The van der Waals surface area contributed by atoms with Crippen molar-refractivity contribution < 1.29 is 4.79 Å². The lowest BCUT2D eigenvalue weighted by molar-refractivity contribution is -0.114. The fourth-order valence-corrected chi connectivity index (χ4v) is 2.94. The Kier molecular flexibility index (Phi) is 6.21. The first kappa shape index (κ1) is 16.0. The van der Waals surface area contributed by atoms with Gasteiger partial charge >= 0.3 is 0 Å². The molecule has 0 aliphatic carbocycles. The third-order valence-corrected chi connectivity index (χ3v) is 4.19. The summed E-state index contributed by atoms with van der Waals surface area (Å²) in [6.45, 7) is 6.07. The lowest BCUT2D eigenvalue weighted by Gasteiger charge is -2.32. The van der Waals surface area contributed by atoms with Gasteiger partial charge in [-0.3, -0.25) is 9.69 Å². The van der Waals surface area contributed by atoms with Crippen molar-refractivity contribution in [2.24, 2.45) is 5.92 Å². The van der Waals surface area contributed by atoms with E-state index in [4.69, 9.17) is 0 Å². The van der Waals surface area contributed by atoms with Crippen molar-refractivity contribution in [2.75, 3.05) is 32.0 Å². The molecule has 21 heavy (non-hydrogen) atoms. The number of rotatable bonds is 6. The monoisotopic (exact) mass is 289 g/mol. The van der Waals surface area contributed by atoms with Crippen LogP contribution in [0.5, 0.6) is 0 Å². The van der Waals surface area contributed by atoms with E-state index in [2.05, 4.69) is 27.7 Å². The number of nitrogens with one attached hydrogen (secondary N) is 2. The highest BCUT2D eigenvalue weighted by Gasteiger charge is 2.18. The van der Waals surface area contributed by atoms with E-state index in [1.54, 1.807) is 0 Å². The van der Waals surface area contributed by atoms with Gasteiger partial charge in [-0.1, -0.05) is 12.1 Å². The number of piperidine rings is 1. The predicted molar refractivity (Wildman–Crippen MR) is 87.3 cm³/mol. The van der Waals surface area contributed by atoms with E-state index in [1.807, 2.05) is 19.2 Å². The third kappa shape index (κ3) is 5.48. The van der Waals surface area contributed by atoms with Crippen molar-refractivity contribution in [1.82, 2.24) is 10.2 Å². The Morgan fingerprint density at radius 2 is 1.90 bits per heavy atom. The minimum absolute atomic E-state index is 0.0219. The molecule has 0 atom stereocenters. The van der Waals surface area contributed by atoms with Gasteiger partial charge in [-0.05, 0) is 69.6 Å². The number of amides is 1. The molecule has 0 saturated carbocycles. The first-order chi connectivity index (χ1) is 10.2. The fraction of sp³-hybridized carbons (Fsp3) is 0.588. The van der Waals surface area contributed by atoms with Gasteiger partial charge in [0.1, 0.15) is 0 Å². The van der Waals surface area contributed by atoms with Gasteiger partial charge in [-0.25, -0.2) is 0 Å². The molecule has 0 aromatic heterocycles. The second-order valence-electron chi connectivity index (χ2n) is 5.99. The summed E-state index contributed by atoms with van der Waals surface area (Å²) in [4.78, 5) is 13.5. The molecule has 1 amide bonds. The maximum atomic E-state index is 11.0. The van der Waals surface area contributed by atoms with Crippen LogP contribution in [0.1, 0.15) is 31.7 Å². The van der Waals surface area contributed by atoms with Gasteiger partial charge < -0.3 is 10.6 Å². The van der Waals surface area contributed by atoms with Crippen LogP contribution in [-0.4, -0.2) is 37.5 Å². The molecule has 1 fully saturated rings. The molecule has 4 nitrogen and oxygen atoms in total. The van der Waals surface area contributed by atoms with Crippen molar-refractivity contribution in [3.05, 3.63) is 29.8 Å². The lowest BCUT2D eigenvalue weighted by atomic mass is 9.93. The molecule has 2 N–H and O–H groups in total. The zero-order chi connectivity index (χ0) is 15.1. The average molecular weight is 289 g/mol. The van der Waals surface area contributed by atoms with Crippen molar-refractivity contribution in [3.8, 4) is 0 Å². The quantitative estimate of drug-likeness (QED) is 0.845. The second kappa shape index (κ2) is 8.15. The molecule has 116 valence electrons. The summed E-state index contributed by atoms with van der Waals surface area (Å²) in [6, 6.07) is 8.18. The van der Waals surface area contributed by atoms with Gasteiger partial charge in [0.15, 0.2) is 0 Å². The fourth-order valence-electron chi connectivity index (χ4n) is 2.94. The Morgan fingerprint density at radius 3 is 2.48 bits per heavy atom. The van der Waals surface area contributed by atoms with Crippen LogP contribution in [0.3, 0.4) is 0 Å². The van der Waals surface area contributed by atoms with Crippen LogP contribution in [0.4, 0.5) is 5.69 Å². The molecular weight excluding hydrogens is 262 g/mol. The van der Waals surface area contributed by atoms with Crippen molar-refractivity contribution in [3.63, 3.8) is 0 Å². The minimum atomic E-state index is -0.0219. The molecule has 0 spiro atoms. The maximum absolute atomic E-state index is 11.0. The van der Waals surface area contributed by atoms with Gasteiger partial charge in [0.05, 0.1) is 0 Å². The summed E-state index contributed by atoms with van der Waals surface area (Å²) in [5, 5.41) is 6.04. The molecule has 1 aliphatic rings. The number of benzene rings is 1. The third-order valence-electron chi connectivity index (χ3n) is 4.19. The van der Waals surface area contributed by atoms with Crippen molar-refractivity contribution in [2.45, 2.75) is 32.7 Å². The van der Waals surface area contributed by atoms with Crippen LogP contribution in [0.25, 0.3) is 0 Å². The number of carbonyl (C=O) groups is 1. The summed E-state index contributed by atoms with van der Waals surface area (Å²) < 4.78 is 0. The topological polar surface area (TPSA) is 44.4 Å². The molecule has 4 heteroatoms. The van der Waals surface area contributed by atoms with E-state index in [-0.39, 0.29) is 5.91 Å². The van der Waals surface area contributed by atoms with E-state index in [0.29, 0.717) is 0 Å². The molecule has 0 bridgehead atoms. The highest BCUT2D eigenvalue weighted by molar-refractivity contribution is 5.88. The van der Waals surface area contributed by atoms with E-state index in [0.717, 1.165) is 24.7 Å².